The number of sulfonamides is 1. The zero-order valence-electron chi connectivity index (χ0n) is 25.1. The summed E-state index contributed by atoms with van der Waals surface area (Å²) in [6, 6.07) is 31.3. The Bertz CT molecular complexity index is 1620. The average molecular weight is 598 g/mol. The van der Waals surface area contributed by atoms with E-state index in [1.165, 1.54) is 4.90 Å². The van der Waals surface area contributed by atoms with E-state index in [1.54, 1.807) is 54.6 Å². The van der Waals surface area contributed by atoms with Gasteiger partial charge in [0.15, 0.2) is 0 Å². The van der Waals surface area contributed by atoms with E-state index in [4.69, 9.17) is 0 Å². The molecule has 7 nitrogen and oxygen atoms in total. The third kappa shape index (κ3) is 8.11. The van der Waals surface area contributed by atoms with Gasteiger partial charge in [0, 0.05) is 19.0 Å². The van der Waals surface area contributed by atoms with Crippen molar-refractivity contribution in [1.29, 1.82) is 0 Å². The summed E-state index contributed by atoms with van der Waals surface area (Å²) >= 11 is 0. The van der Waals surface area contributed by atoms with E-state index >= 15 is 0 Å². The van der Waals surface area contributed by atoms with Crippen LogP contribution < -0.4 is 9.62 Å². The molecule has 4 aromatic rings. The zero-order chi connectivity index (χ0) is 31.0. The predicted molar refractivity (Wildman–Crippen MR) is 171 cm³/mol. The minimum atomic E-state index is -4.12. The highest BCUT2D eigenvalue weighted by Gasteiger charge is 2.35. The monoisotopic (exact) mass is 597 g/mol. The average Bonchev–Trinajstić information content (AvgIpc) is 2.99. The Labute approximate surface area is 255 Å². The van der Waals surface area contributed by atoms with E-state index in [1.807, 2.05) is 82.3 Å². The van der Waals surface area contributed by atoms with Crippen LogP contribution in [0, 0.1) is 13.8 Å². The molecule has 0 aliphatic carbocycles. The molecule has 2 amide bonds. The standard InChI is InChI=1S/C35H39N3O4S/c1-26(2)36-35(40)33(23-29-14-7-5-8-15-29)37(24-30-16-12-11-13-28(30)4)34(39)25-38(31-17-9-6-10-18-31)43(41,42)32-21-19-27(3)20-22-32/h5-22,26,33H,23-25H2,1-4H3,(H,36,40). The van der Waals surface area contributed by atoms with Gasteiger partial charge in [-0.25, -0.2) is 8.42 Å². The first-order valence-electron chi connectivity index (χ1n) is 14.4. The van der Waals surface area contributed by atoms with E-state index in [0.717, 1.165) is 26.6 Å². The molecule has 1 unspecified atom stereocenters. The summed E-state index contributed by atoms with van der Waals surface area (Å²) in [7, 11) is -4.12. The van der Waals surface area contributed by atoms with Gasteiger partial charge in [-0.1, -0.05) is 90.5 Å². The van der Waals surface area contributed by atoms with Crippen LogP contribution in [0.4, 0.5) is 5.69 Å². The van der Waals surface area contributed by atoms with Crippen molar-refractivity contribution in [3.8, 4) is 0 Å². The first-order valence-corrected chi connectivity index (χ1v) is 15.8. The van der Waals surface area contributed by atoms with E-state index in [9.17, 15) is 18.0 Å². The molecular formula is C35H39N3O4S. The molecule has 4 rings (SSSR count). The molecule has 0 aliphatic rings. The van der Waals surface area contributed by atoms with Gasteiger partial charge >= 0.3 is 0 Å². The Kier molecular flexibility index (Phi) is 10.4. The molecule has 4 aromatic carbocycles. The highest BCUT2D eigenvalue weighted by atomic mass is 32.2. The van der Waals surface area contributed by atoms with Gasteiger partial charge in [0.1, 0.15) is 12.6 Å². The SMILES string of the molecule is Cc1ccc(S(=O)(=O)N(CC(=O)N(Cc2ccccc2C)C(Cc2ccccc2)C(=O)NC(C)C)c2ccccc2)cc1. The third-order valence-corrected chi connectivity index (χ3v) is 9.02. The molecular weight excluding hydrogens is 558 g/mol. The molecule has 43 heavy (non-hydrogen) atoms. The van der Waals surface area contributed by atoms with E-state index in [2.05, 4.69) is 5.32 Å². The maximum absolute atomic E-state index is 14.4. The molecule has 0 spiro atoms. The minimum absolute atomic E-state index is 0.0820. The lowest BCUT2D eigenvalue weighted by molar-refractivity contribution is -0.140. The van der Waals surface area contributed by atoms with Crippen molar-refractivity contribution in [2.24, 2.45) is 0 Å². The largest absolute Gasteiger partial charge is 0.352 e. The quantitative estimate of drug-likeness (QED) is 0.228. The number of nitrogens with one attached hydrogen (secondary N) is 1. The fourth-order valence-corrected chi connectivity index (χ4v) is 6.28. The second-order valence-electron chi connectivity index (χ2n) is 11.0. The number of carbonyl (C=O) groups excluding carboxylic acids is 2. The maximum Gasteiger partial charge on any atom is 0.264 e. The summed E-state index contributed by atoms with van der Waals surface area (Å²) in [6.07, 6.45) is 0.271. The number of rotatable bonds is 12. The number of nitrogens with zero attached hydrogens (tertiary/aromatic N) is 2. The highest BCUT2D eigenvalue weighted by molar-refractivity contribution is 7.92. The van der Waals surface area contributed by atoms with Crippen LogP contribution in [0.1, 0.15) is 36.1 Å². The van der Waals surface area contributed by atoms with Crippen LogP contribution in [-0.2, 0) is 32.6 Å². The Balaban J connectivity index is 1.79. The van der Waals surface area contributed by atoms with E-state index in [0.29, 0.717) is 5.69 Å². The molecule has 0 aliphatic heterocycles. The second-order valence-corrected chi connectivity index (χ2v) is 12.8. The highest BCUT2D eigenvalue weighted by Crippen LogP contribution is 2.25. The Morgan fingerprint density at radius 1 is 0.767 bits per heavy atom. The fourth-order valence-electron chi connectivity index (χ4n) is 4.87. The maximum atomic E-state index is 14.4. The predicted octanol–water partition coefficient (Wildman–Crippen LogP) is 5.66. The second kappa shape index (κ2) is 14.2. The van der Waals surface area contributed by atoms with Crippen molar-refractivity contribution in [1.82, 2.24) is 10.2 Å². The number of hydrogen-bond donors (Lipinski definition) is 1. The van der Waals surface area contributed by atoms with Crippen LogP contribution in [-0.4, -0.2) is 43.8 Å². The Morgan fingerprint density at radius 3 is 1.95 bits per heavy atom. The fraction of sp³-hybridized carbons (Fsp3) is 0.257. The number of amides is 2. The van der Waals surface area contributed by atoms with Crippen molar-refractivity contribution in [3.63, 3.8) is 0 Å². The molecule has 0 fully saturated rings. The van der Waals surface area contributed by atoms with Crippen LogP contribution in [0.3, 0.4) is 0 Å². The van der Waals surface area contributed by atoms with Crippen LogP contribution in [0.25, 0.3) is 0 Å². The minimum Gasteiger partial charge on any atom is -0.352 e. The Morgan fingerprint density at radius 2 is 1.35 bits per heavy atom. The lowest BCUT2D eigenvalue weighted by Gasteiger charge is -2.34. The molecule has 0 radical (unpaired) electrons. The van der Waals surface area contributed by atoms with Crippen LogP contribution in [0.5, 0.6) is 0 Å². The third-order valence-electron chi connectivity index (χ3n) is 7.24. The molecule has 224 valence electrons. The summed E-state index contributed by atoms with van der Waals surface area (Å²) in [4.78, 5) is 29.8. The summed E-state index contributed by atoms with van der Waals surface area (Å²) < 4.78 is 29.2. The topological polar surface area (TPSA) is 86.8 Å². The molecule has 0 heterocycles. The normalized spacial score (nSPS) is 12.0. The van der Waals surface area contributed by atoms with Crippen molar-refractivity contribution in [3.05, 3.63) is 131 Å². The van der Waals surface area contributed by atoms with Crippen LogP contribution in [0.15, 0.2) is 114 Å². The number of aryl methyl sites for hydroxylation is 2. The van der Waals surface area contributed by atoms with Crippen molar-refractivity contribution in [2.75, 3.05) is 10.8 Å². The van der Waals surface area contributed by atoms with E-state index < -0.39 is 28.5 Å². The van der Waals surface area contributed by atoms with Crippen LogP contribution in [0.2, 0.25) is 0 Å². The zero-order valence-corrected chi connectivity index (χ0v) is 25.9. The van der Waals surface area contributed by atoms with Gasteiger partial charge in [-0.2, -0.15) is 0 Å². The summed E-state index contributed by atoms with van der Waals surface area (Å²) in [5, 5.41) is 2.98. The number of para-hydroxylation sites is 1. The summed E-state index contributed by atoms with van der Waals surface area (Å²) in [5.74, 6) is -0.781. The molecule has 0 bridgehead atoms. The first-order chi connectivity index (χ1) is 20.6. The number of hydrogen-bond acceptors (Lipinski definition) is 4. The van der Waals surface area contributed by atoms with Gasteiger partial charge in [0.25, 0.3) is 10.0 Å². The lowest BCUT2D eigenvalue weighted by atomic mass is 10.0. The van der Waals surface area contributed by atoms with Crippen molar-refractivity contribution in [2.45, 2.75) is 57.6 Å². The summed E-state index contributed by atoms with van der Waals surface area (Å²) in [5.41, 5.74) is 4.01. The van der Waals surface area contributed by atoms with E-state index in [-0.39, 0.29) is 29.8 Å². The van der Waals surface area contributed by atoms with Gasteiger partial charge in [-0.15, -0.1) is 0 Å². The molecule has 1 atom stereocenters. The van der Waals surface area contributed by atoms with Gasteiger partial charge in [0.05, 0.1) is 10.6 Å². The van der Waals surface area contributed by atoms with Gasteiger partial charge in [0.2, 0.25) is 11.8 Å². The molecule has 0 aromatic heterocycles. The first kappa shape index (κ1) is 31.5. The number of anilines is 1. The van der Waals surface area contributed by atoms with Gasteiger partial charge < -0.3 is 10.2 Å². The number of benzene rings is 4. The molecule has 0 saturated heterocycles. The van der Waals surface area contributed by atoms with Gasteiger partial charge in [-0.05, 0) is 68.7 Å². The molecule has 1 N–H and O–H groups in total. The molecule has 8 heteroatoms. The number of carbonyl (C=O) groups is 2. The van der Waals surface area contributed by atoms with Crippen molar-refractivity contribution < 1.29 is 18.0 Å². The smallest absolute Gasteiger partial charge is 0.264 e. The molecule has 0 saturated carbocycles. The van der Waals surface area contributed by atoms with Crippen molar-refractivity contribution >= 4 is 27.5 Å². The van der Waals surface area contributed by atoms with Gasteiger partial charge in [-0.3, -0.25) is 13.9 Å². The Hall–Kier alpha value is -4.43. The lowest BCUT2D eigenvalue weighted by Crippen LogP contribution is -2.54. The summed E-state index contributed by atoms with van der Waals surface area (Å²) in [6.45, 7) is 7.24. The van der Waals surface area contributed by atoms with Crippen LogP contribution >= 0.6 is 0 Å².